The van der Waals surface area contributed by atoms with Crippen molar-refractivity contribution in [2.45, 2.75) is 0 Å². The summed E-state index contributed by atoms with van der Waals surface area (Å²) < 4.78 is 0. The fraction of sp³-hybridized carbons (Fsp3) is 1.00. The summed E-state index contributed by atoms with van der Waals surface area (Å²) in [6.45, 7) is 1.76. The first-order valence-corrected chi connectivity index (χ1v) is 1.59. The molecule has 0 saturated carbocycles. The molecule has 0 unspecified atom stereocenters. The third-order valence-corrected chi connectivity index (χ3v) is 0.465. The number of rotatable bonds is 0. The van der Waals surface area contributed by atoms with Crippen molar-refractivity contribution in [3.8, 4) is 0 Å². The van der Waals surface area contributed by atoms with Crippen molar-refractivity contribution in [2.24, 2.45) is 10.3 Å². The van der Waals surface area contributed by atoms with Gasteiger partial charge in [-0.3, -0.25) is 5.43 Å². The molecule has 0 amide bonds. The van der Waals surface area contributed by atoms with Crippen LogP contribution in [0.25, 0.3) is 0 Å². The van der Waals surface area contributed by atoms with Gasteiger partial charge in [-0.2, -0.15) is 5.11 Å². The van der Waals surface area contributed by atoms with Crippen molar-refractivity contribution in [2.75, 3.05) is 13.1 Å². The predicted molar refractivity (Wildman–Crippen MR) is 25.7 cm³/mol. The fourth-order valence-electron chi connectivity index (χ4n) is 0.250. The SMILES string of the molecule is C1CNN=N1.[Ca+2].[H-].[H-]. The maximum atomic E-state index is 3.60. The first-order valence-electron chi connectivity index (χ1n) is 1.59. The van der Waals surface area contributed by atoms with Crippen LogP contribution in [-0.4, -0.2) is 50.8 Å². The standard InChI is InChI=1S/C2H5N3.Ca.2H/c1-2-4-5-3-1;;;/h1-2H2,(H,3,4);;;/q;+2;2*-1. The molecule has 1 heterocycles. The van der Waals surface area contributed by atoms with Crippen molar-refractivity contribution in [1.29, 1.82) is 0 Å². The largest absolute Gasteiger partial charge is 2.00 e. The summed E-state index contributed by atoms with van der Waals surface area (Å²) >= 11 is 0. The normalized spacial score (nSPS) is 16.0. The van der Waals surface area contributed by atoms with Gasteiger partial charge in [0.05, 0.1) is 13.1 Å². The van der Waals surface area contributed by atoms with Crippen LogP contribution >= 0.6 is 0 Å². The molecule has 0 saturated heterocycles. The van der Waals surface area contributed by atoms with Crippen LogP contribution in [0.2, 0.25) is 0 Å². The van der Waals surface area contributed by atoms with E-state index in [0.717, 1.165) is 13.1 Å². The van der Waals surface area contributed by atoms with Crippen LogP contribution in [0.3, 0.4) is 0 Å². The summed E-state index contributed by atoms with van der Waals surface area (Å²) in [5.41, 5.74) is 2.68. The van der Waals surface area contributed by atoms with Crippen LogP contribution < -0.4 is 5.43 Å². The van der Waals surface area contributed by atoms with Crippen molar-refractivity contribution >= 4 is 37.7 Å². The first-order chi connectivity index (χ1) is 2.50. The molecule has 0 aromatic heterocycles. The molecular formula is C2H7CaN3. The molecule has 0 spiro atoms. The van der Waals surface area contributed by atoms with E-state index in [1.165, 1.54) is 0 Å². The van der Waals surface area contributed by atoms with Gasteiger partial charge < -0.3 is 2.85 Å². The summed E-state index contributed by atoms with van der Waals surface area (Å²) in [7, 11) is 0. The van der Waals surface area contributed by atoms with E-state index in [0.29, 0.717) is 0 Å². The Morgan fingerprint density at radius 3 is 2.67 bits per heavy atom. The molecule has 3 nitrogen and oxygen atoms in total. The molecule has 32 valence electrons. The Kier molecular flexibility index (Phi) is 4.26. The molecule has 1 rings (SSSR count). The second-order valence-corrected chi connectivity index (χ2v) is 0.873. The molecule has 0 aromatic carbocycles. The maximum absolute atomic E-state index is 3.60. The van der Waals surface area contributed by atoms with E-state index in [2.05, 4.69) is 15.8 Å². The van der Waals surface area contributed by atoms with Crippen molar-refractivity contribution in [3.63, 3.8) is 0 Å². The summed E-state index contributed by atoms with van der Waals surface area (Å²) in [5, 5.41) is 7.06. The van der Waals surface area contributed by atoms with Gasteiger partial charge >= 0.3 is 37.7 Å². The van der Waals surface area contributed by atoms with Gasteiger partial charge in [0.25, 0.3) is 0 Å². The number of hydrogen-bond acceptors (Lipinski definition) is 3. The Morgan fingerprint density at radius 1 is 1.67 bits per heavy atom. The Hall–Kier alpha value is 0.660. The molecule has 0 aliphatic carbocycles. The smallest absolute Gasteiger partial charge is 1.00 e. The Labute approximate surface area is 69.2 Å². The molecule has 0 fully saturated rings. The summed E-state index contributed by atoms with van der Waals surface area (Å²) in [6, 6.07) is 0. The Morgan fingerprint density at radius 2 is 2.50 bits per heavy atom. The quantitative estimate of drug-likeness (QED) is 0.434. The van der Waals surface area contributed by atoms with E-state index in [9.17, 15) is 0 Å². The average Bonchev–Trinajstić information content (AvgIpc) is 1.76. The minimum atomic E-state index is 0. The van der Waals surface area contributed by atoms with Crippen LogP contribution in [0.4, 0.5) is 0 Å². The minimum absolute atomic E-state index is 0. The second kappa shape index (κ2) is 3.84. The van der Waals surface area contributed by atoms with Gasteiger partial charge in [-0.25, -0.2) is 0 Å². The molecule has 0 radical (unpaired) electrons. The average molecular weight is 113 g/mol. The molecule has 0 bridgehead atoms. The van der Waals surface area contributed by atoms with E-state index >= 15 is 0 Å². The van der Waals surface area contributed by atoms with Crippen molar-refractivity contribution < 1.29 is 2.85 Å². The van der Waals surface area contributed by atoms with Crippen LogP contribution in [0.1, 0.15) is 2.85 Å². The molecule has 4 heteroatoms. The van der Waals surface area contributed by atoms with Gasteiger partial charge in [-0.15, -0.1) is 0 Å². The van der Waals surface area contributed by atoms with E-state index in [1.807, 2.05) is 0 Å². The van der Waals surface area contributed by atoms with E-state index in [-0.39, 0.29) is 40.6 Å². The molecular weight excluding hydrogens is 106 g/mol. The van der Waals surface area contributed by atoms with Crippen molar-refractivity contribution in [1.82, 2.24) is 5.43 Å². The van der Waals surface area contributed by atoms with Gasteiger partial charge in [0.2, 0.25) is 0 Å². The van der Waals surface area contributed by atoms with E-state index in [1.54, 1.807) is 0 Å². The van der Waals surface area contributed by atoms with Crippen LogP contribution in [0.5, 0.6) is 0 Å². The zero-order chi connectivity index (χ0) is 3.54. The molecule has 1 N–H and O–H groups in total. The number of hydrogen-bond donors (Lipinski definition) is 1. The van der Waals surface area contributed by atoms with E-state index in [4.69, 9.17) is 0 Å². The summed E-state index contributed by atoms with van der Waals surface area (Å²) in [6.07, 6.45) is 0. The summed E-state index contributed by atoms with van der Waals surface area (Å²) in [5.74, 6) is 0. The second-order valence-electron chi connectivity index (χ2n) is 0.873. The van der Waals surface area contributed by atoms with Crippen LogP contribution in [-0.2, 0) is 0 Å². The molecule has 0 atom stereocenters. The molecule has 6 heavy (non-hydrogen) atoms. The van der Waals surface area contributed by atoms with Crippen LogP contribution in [0, 0.1) is 0 Å². The minimum Gasteiger partial charge on any atom is -1.00 e. The third-order valence-electron chi connectivity index (χ3n) is 0.465. The third kappa shape index (κ3) is 1.95. The fourth-order valence-corrected chi connectivity index (χ4v) is 0.250. The Balaban J connectivity index is -0.0000000833. The number of nitrogens with zero attached hydrogens (tertiary/aromatic N) is 2. The topological polar surface area (TPSA) is 36.8 Å². The number of nitrogens with one attached hydrogen (secondary N) is 1. The molecule has 1 aliphatic heterocycles. The predicted octanol–water partition coefficient (Wildman–Crippen LogP) is -0.199. The molecule has 0 aromatic rings. The van der Waals surface area contributed by atoms with Gasteiger partial charge in [-0.05, 0) is 0 Å². The van der Waals surface area contributed by atoms with Crippen LogP contribution in [0.15, 0.2) is 10.3 Å². The first kappa shape index (κ1) is 6.66. The zero-order valence-corrected chi connectivity index (χ0v) is 5.72. The van der Waals surface area contributed by atoms with E-state index < -0.39 is 0 Å². The Bertz CT molecular complexity index is 53.2. The maximum Gasteiger partial charge on any atom is 2.00 e. The molecule has 1 aliphatic rings. The zero-order valence-electron chi connectivity index (χ0n) is 5.52. The van der Waals surface area contributed by atoms with Gasteiger partial charge in [0.1, 0.15) is 0 Å². The van der Waals surface area contributed by atoms with Crippen molar-refractivity contribution in [3.05, 3.63) is 0 Å². The van der Waals surface area contributed by atoms with Gasteiger partial charge in [0, 0.05) is 0 Å². The van der Waals surface area contributed by atoms with Gasteiger partial charge in [0.15, 0.2) is 0 Å². The summed E-state index contributed by atoms with van der Waals surface area (Å²) in [4.78, 5) is 0. The van der Waals surface area contributed by atoms with Gasteiger partial charge in [-0.1, -0.05) is 5.22 Å². The monoisotopic (exact) mass is 113 g/mol.